The summed E-state index contributed by atoms with van der Waals surface area (Å²) in [6.45, 7) is 6.10. The van der Waals surface area contributed by atoms with Crippen LogP contribution in [0, 0.1) is 13.8 Å². The van der Waals surface area contributed by atoms with Crippen LogP contribution >= 0.6 is 0 Å². The zero-order valence-corrected chi connectivity index (χ0v) is 13.0. The normalized spacial score (nSPS) is 14.2. The third-order valence-corrected chi connectivity index (χ3v) is 4.08. The molecule has 1 fully saturated rings. The number of carbonyl (C=O) groups is 1. The third-order valence-electron chi connectivity index (χ3n) is 4.08. The average molecular weight is 296 g/mol. The Labute approximate surface area is 130 Å². The molecule has 3 rings (SSSR count). The first-order chi connectivity index (χ1) is 10.6. The Bertz CT molecular complexity index is 676. The molecule has 1 amide bonds. The molecule has 5 heteroatoms. The van der Waals surface area contributed by atoms with Crippen LogP contribution in [-0.4, -0.2) is 29.2 Å². The molecule has 0 radical (unpaired) electrons. The molecule has 22 heavy (non-hydrogen) atoms. The number of aryl methyl sites for hydroxylation is 2. The Morgan fingerprint density at radius 1 is 1.05 bits per heavy atom. The van der Waals surface area contributed by atoms with Crippen molar-refractivity contribution in [1.29, 1.82) is 0 Å². The second-order valence-electron chi connectivity index (χ2n) is 5.72. The predicted molar refractivity (Wildman–Crippen MR) is 87.3 cm³/mol. The van der Waals surface area contributed by atoms with E-state index in [9.17, 15) is 4.79 Å². The molecule has 0 aliphatic carbocycles. The number of hydrogen-bond donors (Lipinski definition) is 1. The van der Waals surface area contributed by atoms with E-state index in [-0.39, 0.29) is 5.91 Å². The molecule has 0 spiro atoms. The van der Waals surface area contributed by atoms with Gasteiger partial charge in [-0.25, -0.2) is 0 Å². The van der Waals surface area contributed by atoms with Crippen molar-refractivity contribution in [2.45, 2.75) is 26.7 Å². The Morgan fingerprint density at radius 2 is 1.82 bits per heavy atom. The second kappa shape index (κ2) is 6.13. The van der Waals surface area contributed by atoms with Gasteiger partial charge in [-0.05, 0) is 62.1 Å². The Balaban J connectivity index is 1.70. The number of benzene rings is 1. The number of amides is 1. The van der Waals surface area contributed by atoms with E-state index < -0.39 is 0 Å². The lowest BCUT2D eigenvalue weighted by Crippen LogP contribution is -2.21. The van der Waals surface area contributed by atoms with Gasteiger partial charge in [0.15, 0.2) is 11.5 Å². The summed E-state index contributed by atoms with van der Waals surface area (Å²) in [4.78, 5) is 14.4. The third kappa shape index (κ3) is 3.08. The molecular weight excluding hydrogens is 276 g/mol. The van der Waals surface area contributed by atoms with Crippen molar-refractivity contribution in [3.05, 3.63) is 47.2 Å². The van der Waals surface area contributed by atoms with Gasteiger partial charge in [-0.2, -0.15) is 0 Å². The molecule has 1 aliphatic heterocycles. The Kier molecular flexibility index (Phi) is 4.04. The fraction of sp³-hybridized carbons (Fsp3) is 0.353. The van der Waals surface area contributed by atoms with Crippen LogP contribution in [0.5, 0.6) is 0 Å². The van der Waals surface area contributed by atoms with E-state index >= 15 is 0 Å². The minimum Gasteiger partial charge on any atom is -0.355 e. The average Bonchev–Trinajstić information content (AvgIpc) is 3.05. The van der Waals surface area contributed by atoms with Gasteiger partial charge in [0.05, 0.1) is 0 Å². The molecule has 1 aliphatic rings. The van der Waals surface area contributed by atoms with Crippen LogP contribution in [0.3, 0.4) is 0 Å². The van der Waals surface area contributed by atoms with Crippen molar-refractivity contribution in [2.75, 3.05) is 23.3 Å². The molecule has 0 saturated carbocycles. The lowest BCUT2D eigenvalue weighted by Gasteiger charge is -2.15. The first kappa shape index (κ1) is 14.5. The molecule has 0 unspecified atom stereocenters. The summed E-state index contributed by atoms with van der Waals surface area (Å²) in [5, 5.41) is 11.1. The van der Waals surface area contributed by atoms with Crippen LogP contribution in [0.2, 0.25) is 0 Å². The molecule has 0 atom stereocenters. The van der Waals surface area contributed by atoms with Crippen molar-refractivity contribution in [3.63, 3.8) is 0 Å². The van der Waals surface area contributed by atoms with Crippen molar-refractivity contribution in [2.24, 2.45) is 0 Å². The number of anilines is 2. The summed E-state index contributed by atoms with van der Waals surface area (Å²) in [6, 6.07) is 9.45. The molecular formula is C17H20N4O. The minimum atomic E-state index is -0.233. The van der Waals surface area contributed by atoms with Gasteiger partial charge < -0.3 is 10.2 Å². The van der Waals surface area contributed by atoms with Crippen LogP contribution in [0.15, 0.2) is 30.3 Å². The number of carbonyl (C=O) groups excluding carboxylic acids is 1. The summed E-state index contributed by atoms with van der Waals surface area (Å²) < 4.78 is 0. The number of nitrogens with one attached hydrogen (secondary N) is 1. The van der Waals surface area contributed by atoms with E-state index in [4.69, 9.17) is 0 Å². The number of aromatic nitrogens is 2. The molecule has 0 bridgehead atoms. The first-order valence-corrected chi connectivity index (χ1v) is 7.61. The fourth-order valence-electron chi connectivity index (χ4n) is 2.58. The zero-order valence-electron chi connectivity index (χ0n) is 13.0. The summed E-state index contributed by atoms with van der Waals surface area (Å²) >= 11 is 0. The SMILES string of the molecule is Cc1ccc(NC(=O)c2ccc(N3CCCC3)nn2)cc1C. The van der Waals surface area contributed by atoms with Crippen LogP contribution in [0.1, 0.15) is 34.5 Å². The second-order valence-corrected chi connectivity index (χ2v) is 5.72. The van der Waals surface area contributed by atoms with Crippen LogP contribution in [-0.2, 0) is 0 Å². The van der Waals surface area contributed by atoms with Crippen LogP contribution < -0.4 is 10.2 Å². The summed E-state index contributed by atoms with van der Waals surface area (Å²) in [5.41, 5.74) is 3.46. The van der Waals surface area contributed by atoms with E-state index in [0.29, 0.717) is 5.69 Å². The van der Waals surface area contributed by atoms with Gasteiger partial charge in [0, 0.05) is 18.8 Å². The fourth-order valence-corrected chi connectivity index (χ4v) is 2.58. The Morgan fingerprint density at radius 3 is 2.45 bits per heavy atom. The zero-order chi connectivity index (χ0) is 15.5. The van der Waals surface area contributed by atoms with Crippen molar-refractivity contribution >= 4 is 17.4 Å². The highest BCUT2D eigenvalue weighted by molar-refractivity contribution is 6.02. The minimum absolute atomic E-state index is 0.233. The van der Waals surface area contributed by atoms with E-state index in [0.717, 1.165) is 30.2 Å². The summed E-state index contributed by atoms with van der Waals surface area (Å²) in [5.74, 6) is 0.615. The van der Waals surface area contributed by atoms with E-state index in [1.165, 1.54) is 18.4 Å². The van der Waals surface area contributed by atoms with Crippen molar-refractivity contribution in [1.82, 2.24) is 10.2 Å². The molecule has 1 N–H and O–H groups in total. The Hall–Kier alpha value is -2.43. The van der Waals surface area contributed by atoms with Gasteiger partial charge in [0.1, 0.15) is 0 Å². The summed E-state index contributed by atoms with van der Waals surface area (Å²) in [6.07, 6.45) is 2.38. The monoisotopic (exact) mass is 296 g/mol. The molecule has 1 aromatic carbocycles. The number of nitrogens with zero attached hydrogens (tertiary/aromatic N) is 3. The topological polar surface area (TPSA) is 58.1 Å². The van der Waals surface area contributed by atoms with Crippen LogP contribution in [0.25, 0.3) is 0 Å². The highest BCUT2D eigenvalue weighted by Gasteiger charge is 2.15. The van der Waals surface area contributed by atoms with Gasteiger partial charge in [-0.1, -0.05) is 6.07 Å². The standard InChI is InChI=1S/C17H20N4O/c1-12-5-6-14(11-13(12)2)18-17(22)15-7-8-16(20-19-15)21-9-3-4-10-21/h5-8,11H,3-4,9-10H2,1-2H3,(H,18,22). The highest BCUT2D eigenvalue weighted by atomic mass is 16.1. The molecule has 1 aromatic heterocycles. The van der Waals surface area contributed by atoms with E-state index in [2.05, 4.69) is 20.4 Å². The lowest BCUT2D eigenvalue weighted by molar-refractivity contribution is 0.102. The maximum atomic E-state index is 12.2. The quantitative estimate of drug-likeness (QED) is 0.946. The largest absolute Gasteiger partial charge is 0.355 e. The lowest BCUT2D eigenvalue weighted by atomic mass is 10.1. The highest BCUT2D eigenvalue weighted by Crippen LogP contribution is 2.18. The molecule has 5 nitrogen and oxygen atoms in total. The maximum Gasteiger partial charge on any atom is 0.276 e. The number of rotatable bonds is 3. The molecule has 114 valence electrons. The predicted octanol–water partition coefficient (Wildman–Crippen LogP) is 2.95. The van der Waals surface area contributed by atoms with Gasteiger partial charge in [-0.15, -0.1) is 10.2 Å². The van der Waals surface area contributed by atoms with Gasteiger partial charge in [0.25, 0.3) is 5.91 Å². The molecule has 2 heterocycles. The van der Waals surface area contributed by atoms with E-state index in [1.807, 2.05) is 38.1 Å². The smallest absolute Gasteiger partial charge is 0.276 e. The van der Waals surface area contributed by atoms with E-state index in [1.54, 1.807) is 6.07 Å². The van der Waals surface area contributed by atoms with Crippen LogP contribution in [0.4, 0.5) is 11.5 Å². The van der Waals surface area contributed by atoms with Crippen molar-refractivity contribution in [3.8, 4) is 0 Å². The molecule has 2 aromatic rings. The van der Waals surface area contributed by atoms with Crippen molar-refractivity contribution < 1.29 is 4.79 Å². The van der Waals surface area contributed by atoms with Gasteiger partial charge in [0.2, 0.25) is 0 Å². The van der Waals surface area contributed by atoms with Gasteiger partial charge >= 0.3 is 0 Å². The van der Waals surface area contributed by atoms with Gasteiger partial charge in [-0.3, -0.25) is 4.79 Å². The molecule has 1 saturated heterocycles. The maximum absolute atomic E-state index is 12.2. The number of hydrogen-bond acceptors (Lipinski definition) is 4. The summed E-state index contributed by atoms with van der Waals surface area (Å²) in [7, 11) is 0. The first-order valence-electron chi connectivity index (χ1n) is 7.61.